The molecule has 0 unspecified atom stereocenters. The average Bonchev–Trinajstić information content (AvgIpc) is 2.34. The molecule has 0 amide bonds. The van der Waals surface area contributed by atoms with Crippen LogP contribution in [0, 0.1) is 0 Å². The second-order valence-corrected chi connectivity index (χ2v) is 3.55. The lowest BCUT2D eigenvalue weighted by Gasteiger charge is -2.02. The van der Waals surface area contributed by atoms with E-state index in [9.17, 15) is 4.79 Å². The molecular weight excluding hydrogens is 200 g/mol. The molecule has 0 atom stereocenters. The molecule has 0 spiro atoms. The van der Waals surface area contributed by atoms with Gasteiger partial charge in [0.2, 0.25) is 0 Å². The number of rotatable bonds is 6. The summed E-state index contributed by atoms with van der Waals surface area (Å²) in [7, 11) is 0. The van der Waals surface area contributed by atoms with E-state index in [1.165, 1.54) is 0 Å². The Balaban J connectivity index is 2.21. The Bertz CT molecular complexity index is 328. The molecule has 0 bridgehead atoms. The molecule has 0 aliphatic carbocycles. The minimum Gasteiger partial charge on any atom is -0.462 e. The third-order valence-corrected chi connectivity index (χ3v) is 2.15. The number of ether oxygens (including phenoxy) is 1. The van der Waals surface area contributed by atoms with Gasteiger partial charge < -0.3 is 4.74 Å². The summed E-state index contributed by atoms with van der Waals surface area (Å²) < 4.78 is 5.12. The Morgan fingerprint density at radius 1 is 1.19 bits per heavy atom. The Hall–Kier alpha value is -1.57. The van der Waals surface area contributed by atoms with E-state index in [-0.39, 0.29) is 5.97 Å². The van der Waals surface area contributed by atoms with E-state index in [2.05, 4.69) is 19.1 Å². The predicted octanol–water partition coefficient (Wildman–Crippen LogP) is 3.59. The van der Waals surface area contributed by atoms with E-state index in [4.69, 9.17) is 4.74 Å². The molecule has 0 aromatic heterocycles. The van der Waals surface area contributed by atoms with Gasteiger partial charge in [0.05, 0.1) is 12.2 Å². The van der Waals surface area contributed by atoms with Crippen LogP contribution in [-0.4, -0.2) is 12.6 Å². The average molecular weight is 218 g/mol. The molecule has 0 aliphatic rings. The van der Waals surface area contributed by atoms with E-state index in [1.807, 2.05) is 18.2 Å². The zero-order valence-corrected chi connectivity index (χ0v) is 9.69. The molecule has 1 rings (SSSR count). The molecule has 0 saturated heterocycles. The van der Waals surface area contributed by atoms with Gasteiger partial charge in [-0.05, 0) is 25.0 Å². The molecule has 1 aromatic rings. The summed E-state index contributed by atoms with van der Waals surface area (Å²) in [6.45, 7) is 2.59. The molecule has 2 heteroatoms. The zero-order chi connectivity index (χ0) is 11.6. The number of benzene rings is 1. The van der Waals surface area contributed by atoms with Crippen LogP contribution in [0.25, 0.3) is 0 Å². The Labute approximate surface area is 96.9 Å². The topological polar surface area (TPSA) is 26.3 Å². The SMILES string of the molecule is CCCC=CCCOC(=O)c1ccccc1. The molecule has 0 N–H and O–H groups in total. The van der Waals surface area contributed by atoms with E-state index in [0.717, 1.165) is 19.3 Å². The Morgan fingerprint density at radius 3 is 2.56 bits per heavy atom. The van der Waals surface area contributed by atoms with Crippen molar-refractivity contribution in [2.75, 3.05) is 6.61 Å². The van der Waals surface area contributed by atoms with E-state index in [0.29, 0.717) is 12.2 Å². The smallest absolute Gasteiger partial charge is 0.338 e. The second-order valence-electron chi connectivity index (χ2n) is 3.55. The van der Waals surface area contributed by atoms with Gasteiger partial charge in [-0.15, -0.1) is 0 Å². The van der Waals surface area contributed by atoms with Gasteiger partial charge in [0.15, 0.2) is 0 Å². The molecular formula is C14H18O2. The third kappa shape index (κ3) is 4.78. The maximum Gasteiger partial charge on any atom is 0.338 e. The molecule has 0 aliphatic heterocycles. The van der Waals surface area contributed by atoms with Crippen molar-refractivity contribution in [2.24, 2.45) is 0 Å². The fourth-order valence-electron chi connectivity index (χ4n) is 1.28. The van der Waals surface area contributed by atoms with Gasteiger partial charge in [0.1, 0.15) is 0 Å². The summed E-state index contributed by atoms with van der Waals surface area (Å²) in [6.07, 6.45) is 7.21. The summed E-state index contributed by atoms with van der Waals surface area (Å²) in [5, 5.41) is 0. The van der Waals surface area contributed by atoms with Crippen molar-refractivity contribution in [3.05, 3.63) is 48.0 Å². The summed E-state index contributed by atoms with van der Waals surface area (Å²) >= 11 is 0. The highest BCUT2D eigenvalue weighted by molar-refractivity contribution is 5.89. The first-order chi connectivity index (χ1) is 7.84. The highest BCUT2D eigenvalue weighted by Crippen LogP contribution is 2.01. The van der Waals surface area contributed by atoms with Gasteiger partial charge in [0, 0.05) is 0 Å². The fraction of sp³-hybridized carbons (Fsp3) is 0.357. The monoisotopic (exact) mass is 218 g/mol. The van der Waals surface area contributed by atoms with Gasteiger partial charge in [-0.25, -0.2) is 4.79 Å². The maximum absolute atomic E-state index is 11.5. The van der Waals surface area contributed by atoms with Crippen molar-refractivity contribution in [1.29, 1.82) is 0 Å². The van der Waals surface area contributed by atoms with Gasteiger partial charge in [-0.3, -0.25) is 0 Å². The molecule has 1 aromatic carbocycles. The number of esters is 1. The van der Waals surface area contributed by atoms with Crippen LogP contribution in [0.15, 0.2) is 42.5 Å². The summed E-state index contributed by atoms with van der Waals surface area (Å²) in [6, 6.07) is 9.06. The molecule has 86 valence electrons. The molecule has 0 heterocycles. The van der Waals surface area contributed by atoms with Gasteiger partial charge in [-0.2, -0.15) is 0 Å². The van der Waals surface area contributed by atoms with Crippen molar-refractivity contribution in [1.82, 2.24) is 0 Å². The lowest BCUT2D eigenvalue weighted by Crippen LogP contribution is -2.05. The molecule has 0 saturated carbocycles. The van der Waals surface area contributed by atoms with Crippen molar-refractivity contribution in [2.45, 2.75) is 26.2 Å². The first-order valence-corrected chi connectivity index (χ1v) is 5.71. The van der Waals surface area contributed by atoms with Crippen LogP contribution in [0.3, 0.4) is 0 Å². The van der Waals surface area contributed by atoms with Crippen molar-refractivity contribution in [3.63, 3.8) is 0 Å². The van der Waals surface area contributed by atoms with Gasteiger partial charge in [-0.1, -0.05) is 43.7 Å². The number of unbranched alkanes of at least 4 members (excludes halogenated alkanes) is 1. The van der Waals surface area contributed by atoms with E-state index in [1.54, 1.807) is 12.1 Å². The van der Waals surface area contributed by atoms with Crippen LogP contribution in [-0.2, 0) is 4.74 Å². The van der Waals surface area contributed by atoms with Gasteiger partial charge >= 0.3 is 5.97 Å². The molecule has 0 fully saturated rings. The van der Waals surface area contributed by atoms with E-state index < -0.39 is 0 Å². The first kappa shape index (κ1) is 12.5. The van der Waals surface area contributed by atoms with Gasteiger partial charge in [0.25, 0.3) is 0 Å². The van der Waals surface area contributed by atoms with Crippen molar-refractivity contribution >= 4 is 5.97 Å². The Kier molecular flexibility index (Phi) is 6.00. The quantitative estimate of drug-likeness (QED) is 0.414. The van der Waals surface area contributed by atoms with Crippen LogP contribution >= 0.6 is 0 Å². The summed E-state index contributed by atoms with van der Waals surface area (Å²) in [5.41, 5.74) is 0.611. The first-order valence-electron chi connectivity index (χ1n) is 5.71. The minimum absolute atomic E-state index is 0.246. The fourth-order valence-corrected chi connectivity index (χ4v) is 1.28. The largest absolute Gasteiger partial charge is 0.462 e. The number of hydrogen-bond acceptors (Lipinski definition) is 2. The lowest BCUT2D eigenvalue weighted by molar-refractivity contribution is 0.0511. The second kappa shape index (κ2) is 7.69. The van der Waals surface area contributed by atoms with E-state index >= 15 is 0 Å². The third-order valence-electron chi connectivity index (χ3n) is 2.15. The van der Waals surface area contributed by atoms with Crippen LogP contribution in [0.4, 0.5) is 0 Å². The zero-order valence-electron chi connectivity index (χ0n) is 9.69. The summed E-state index contributed by atoms with van der Waals surface area (Å²) in [5.74, 6) is -0.246. The predicted molar refractivity (Wildman–Crippen MR) is 65.4 cm³/mol. The van der Waals surface area contributed by atoms with Crippen LogP contribution in [0.5, 0.6) is 0 Å². The van der Waals surface area contributed by atoms with Crippen molar-refractivity contribution < 1.29 is 9.53 Å². The number of allylic oxidation sites excluding steroid dienone is 1. The standard InChI is InChI=1S/C14H18O2/c1-2-3-4-5-9-12-16-14(15)13-10-7-6-8-11-13/h4-8,10-11H,2-3,9,12H2,1H3. The normalized spacial score (nSPS) is 10.6. The highest BCUT2D eigenvalue weighted by Gasteiger charge is 2.03. The van der Waals surface area contributed by atoms with Crippen molar-refractivity contribution in [3.8, 4) is 0 Å². The van der Waals surface area contributed by atoms with Crippen LogP contribution in [0.2, 0.25) is 0 Å². The number of carbonyl (C=O) groups excluding carboxylic acids is 1. The Morgan fingerprint density at radius 2 is 1.88 bits per heavy atom. The minimum atomic E-state index is -0.246. The molecule has 0 radical (unpaired) electrons. The lowest BCUT2D eigenvalue weighted by atomic mass is 10.2. The van der Waals surface area contributed by atoms with Crippen LogP contribution < -0.4 is 0 Å². The maximum atomic E-state index is 11.5. The summed E-state index contributed by atoms with van der Waals surface area (Å²) in [4.78, 5) is 11.5. The number of carbonyl (C=O) groups is 1. The molecule has 16 heavy (non-hydrogen) atoms. The highest BCUT2D eigenvalue weighted by atomic mass is 16.5. The number of hydrogen-bond donors (Lipinski definition) is 0. The van der Waals surface area contributed by atoms with Crippen LogP contribution in [0.1, 0.15) is 36.5 Å². The molecule has 2 nitrogen and oxygen atoms in total.